The summed E-state index contributed by atoms with van der Waals surface area (Å²) < 4.78 is 0. The van der Waals surface area contributed by atoms with Gasteiger partial charge < -0.3 is 10.6 Å². The van der Waals surface area contributed by atoms with Gasteiger partial charge in [0.15, 0.2) is 0 Å². The predicted molar refractivity (Wildman–Crippen MR) is 91.9 cm³/mol. The van der Waals surface area contributed by atoms with Crippen LogP contribution < -0.4 is 10.6 Å². The molecule has 3 heteroatoms. The number of piperidine rings is 1. The fraction of sp³-hybridized carbons (Fsp3) is 0.632. The van der Waals surface area contributed by atoms with Gasteiger partial charge in [-0.05, 0) is 50.8 Å². The van der Waals surface area contributed by atoms with Crippen LogP contribution in [0.25, 0.3) is 0 Å². The minimum absolute atomic E-state index is 0.0638. The Morgan fingerprint density at radius 3 is 2.55 bits per heavy atom. The molecule has 1 fully saturated rings. The summed E-state index contributed by atoms with van der Waals surface area (Å²) in [5.41, 5.74) is 1.20. The molecular formula is C19H30N2O. The van der Waals surface area contributed by atoms with Crippen LogP contribution in [0.2, 0.25) is 0 Å². The van der Waals surface area contributed by atoms with Crippen molar-refractivity contribution in [3.8, 4) is 0 Å². The molecule has 0 saturated carbocycles. The summed E-state index contributed by atoms with van der Waals surface area (Å²) in [5.74, 6) is 0.902. The van der Waals surface area contributed by atoms with Gasteiger partial charge in [0, 0.05) is 17.9 Å². The molecule has 1 unspecified atom stereocenters. The molecule has 0 radical (unpaired) electrons. The van der Waals surface area contributed by atoms with Gasteiger partial charge >= 0.3 is 0 Å². The minimum atomic E-state index is -0.0638. The lowest BCUT2D eigenvalue weighted by Gasteiger charge is -2.33. The molecule has 0 aromatic heterocycles. The third-order valence-electron chi connectivity index (χ3n) is 5.22. The number of amides is 1. The van der Waals surface area contributed by atoms with Crippen molar-refractivity contribution >= 4 is 5.91 Å². The highest BCUT2D eigenvalue weighted by atomic mass is 16.1. The van der Waals surface area contributed by atoms with Crippen LogP contribution in [0, 0.1) is 5.92 Å². The van der Waals surface area contributed by atoms with Gasteiger partial charge in [0.25, 0.3) is 0 Å². The molecule has 1 amide bonds. The molecule has 0 bridgehead atoms. The molecule has 0 spiro atoms. The lowest BCUT2D eigenvalue weighted by Crippen LogP contribution is -2.45. The lowest BCUT2D eigenvalue weighted by molar-refractivity contribution is -0.122. The van der Waals surface area contributed by atoms with Crippen LogP contribution in [0.5, 0.6) is 0 Å². The first-order chi connectivity index (χ1) is 10.5. The highest BCUT2D eigenvalue weighted by Crippen LogP contribution is 2.27. The molecule has 1 aliphatic heterocycles. The number of nitrogens with one attached hydrogen (secondary N) is 2. The SMILES string of the molecule is CC(NC(=O)CCC1CCNCC1)C(C)(C)c1ccccc1. The molecule has 3 nitrogen and oxygen atoms in total. The number of benzene rings is 1. The Hall–Kier alpha value is -1.35. The fourth-order valence-electron chi connectivity index (χ4n) is 3.12. The van der Waals surface area contributed by atoms with Crippen LogP contribution in [0.4, 0.5) is 0 Å². The van der Waals surface area contributed by atoms with Gasteiger partial charge in [-0.2, -0.15) is 0 Å². The quantitative estimate of drug-likeness (QED) is 0.847. The molecule has 122 valence electrons. The summed E-state index contributed by atoms with van der Waals surface area (Å²) >= 11 is 0. The van der Waals surface area contributed by atoms with Crippen LogP contribution in [0.3, 0.4) is 0 Å². The molecule has 1 aromatic carbocycles. The molecule has 1 heterocycles. The number of carbonyl (C=O) groups excluding carboxylic acids is 1. The van der Waals surface area contributed by atoms with Gasteiger partial charge in [-0.15, -0.1) is 0 Å². The Labute approximate surface area is 134 Å². The highest BCUT2D eigenvalue weighted by Gasteiger charge is 2.29. The first kappa shape index (κ1) is 17.0. The zero-order valence-corrected chi connectivity index (χ0v) is 14.2. The zero-order chi connectivity index (χ0) is 16.0. The second kappa shape index (κ2) is 7.77. The van der Waals surface area contributed by atoms with Crippen molar-refractivity contribution in [2.45, 2.75) is 57.9 Å². The van der Waals surface area contributed by atoms with Crippen LogP contribution in [0.1, 0.15) is 52.0 Å². The van der Waals surface area contributed by atoms with E-state index in [1.807, 2.05) is 6.07 Å². The Balaban J connectivity index is 1.82. The molecule has 0 aliphatic carbocycles. The van der Waals surface area contributed by atoms with Crippen molar-refractivity contribution in [2.24, 2.45) is 5.92 Å². The van der Waals surface area contributed by atoms with Gasteiger partial charge in [-0.1, -0.05) is 44.2 Å². The summed E-state index contributed by atoms with van der Waals surface area (Å²) in [7, 11) is 0. The van der Waals surface area contributed by atoms with Crippen LogP contribution in [-0.4, -0.2) is 25.0 Å². The highest BCUT2D eigenvalue weighted by molar-refractivity contribution is 5.76. The Morgan fingerprint density at radius 2 is 1.91 bits per heavy atom. The molecule has 1 saturated heterocycles. The number of hydrogen-bond donors (Lipinski definition) is 2. The molecule has 2 N–H and O–H groups in total. The summed E-state index contributed by atoms with van der Waals surface area (Å²) in [6.45, 7) is 8.70. The maximum absolute atomic E-state index is 12.2. The van der Waals surface area contributed by atoms with Gasteiger partial charge in [0.2, 0.25) is 5.91 Å². The first-order valence-corrected chi connectivity index (χ1v) is 8.55. The van der Waals surface area contributed by atoms with Crippen LogP contribution >= 0.6 is 0 Å². The normalized spacial score (nSPS) is 18.0. The van der Waals surface area contributed by atoms with Gasteiger partial charge in [-0.3, -0.25) is 4.79 Å². The van der Waals surface area contributed by atoms with E-state index in [1.54, 1.807) is 0 Å². The third-order valence-corrected chi connectivity index (χ3v) is 5.22. The Bertz CT molecular complexity index is 464. The van der Waals surface area contributed by atoms with E-state index in [-0.39, 0.29) is 17.4 Å². The van der Waals surface area contributed by atoms with E-state index >= 15 is 0 Å². The van der Waals surface area contributed by atoms with E-state index in [4.69, 9.17) is 0 Å². The molecule has 1 atom stereocenters. The summed E-state index contributed by atoms with van der Waals surface area (Å²) in [4.78, 5) is 12.2. The summed E-state index contributed by atoms with van der Waals surface area (Å²) in [6.07, 6.45) is 4.09. The minimum Gasteiger partial charge on any atom is -0.353 e. The lowest BCUT2D eigenvalue weighted by atomic mass is 9.78. The standard InChI is InChI=1S/C19H30N2O/c1-15(19(2,3)17-7-5-4-6-8-17)21-18(22)10-9-16-11-13-20-14-12-16/h4-8,15-16,20H,9-14H2,1-3H3,(H,21,22). The topological polar surface area (TPSA) is 41.1 Å². The van der Waals surface area contributed by atoms with Crippen molar-refractivity contribution in [3.63, 3.8) is 0 Å². The van der Waals surface area contributed by atoms with Crippen molar-refractivity contribution in [3.05, 3.63) is 35.9 Å². The van der Waals surface area contributed by atoms with Gasteiger partial charge in [0.1, 0.15) is 0 Å². The van der Waals surface area contributed by atoms with Crippen molar-refractivity contribution < 1.29 is 4.79 Å². The van der Waals surface area contributed by atoms with Crippen molar-refractivity contribution in [2.75, 3.05) is 13.1 Å². The fourth-order valence-corrected chi connectivity index (χ4v) is 3.12. The van der Waals surface area contributed by atoms with Crippen LogP contribution in [-0.2, 0) is 10.2 Å². The zero-order valence-electron chi connectivity index (χ0n) is 14.2. The monoisotopic (exact) mass is 302 g/mol. The first-order valence-electron chi connectivity index (χ1n) is 8.55. The molecular weight excluding hydrogens is 272 g/mol. The second-order valence-electron chi connectivity index (χ2n) is 7.11. The van der Waals surface area contributed by atoms with Crippen molar-refractivity contribution in [1.82, 2.24) is 10.6 Å². The van der Waals surface area contributed by atoms with Crippen LogP contribution in [0.15, 0.2) is 30.3 Å². The van der Waals surface area contributed by atoms with E-state index in [2.05, 4.69) is 55.7 Å². The largest absolute Gasteiger partial charge is 0.353 e. The van der Waals surface area contributed by atoms with E-state index in [0.717, 1.165) is 19.5 Å². The predicted octanol–water partition coefficient (Wildman–Crippen LogP) is 3.25. The average molecular weight is 302 g/mol. The Kier molecular flexibility index (Phi) is 6.01. The van der Waals surface area contributed by atoms with Crippen molar-refractivity contribution in [1.29, 1.82) is 0 Å². The number of rotatable bonds is 6. The van der Waals surface area contributed by atoms with E-state index in [9.17, 15) is 4.79 Å². The second-order valence-corrected chi connectivity index (χ2v) is 7.11. The smallest absolute Gasteiger partial charge is 0.220 e. The molecule has 22 heavy (non-hydrogen) atoms. The summed E-state index contributed by atoms with van der Waals surface area (Å²) in [5, 5.41) is 6.58. The maximum Gasteiger partial charge on any atom is 0.220 e. The van der Waals surface area contributed by atoms with Gasteiger partial charge in [0.05, 0.1) is 0 Å². The number of hydrogen-bond acceptors (Lipinski definition) is 2. The Morgan fingerprint density at radius 1 is 1.27 bits per heavy atom. The van der Waals surface area contributed by atoms with E-state index in [1.165, 1.54) is 18.4 Å². The number of carbonyl (C=O) groups is 1. The van der Waals surface area contributed by atoms with E-state index < -0.39 is 0 Å². The van der Waals surface area contributed by atoms with Gasteiger partial charge in [-0.25, -0.2) is 0 Å². The third kappa shape index (κ3) is 4.57. The van der Waals surface area contributed by atoms with E-state index in [0.29, 0.717) is 12.3 Å². The average Bonchev–Trinajstić information content (AvgIpc) is 2.54. The molecule has 1 aromatic rings. The molecule has 2 rings (SSSR count). The maximum atomic E-state index is 12.2. The summed E-state index contributed by atoms with van der Waals surface area (Å²) in [6, 6.07) is 10.5. The molecule has 1 aliphatic rings.